The van der Waals surface area contributed by atoms with E-state index in [0.717, 1.165) is 96.3 Å². The Hall–Kier alpha value is -2.59. The Labute approximate surface area is 358 Å². The van der Waals surface area contributed by atoms with Crippen molar-refractivity contribution in [3.05, 3.63) is 72.9 Å². The van der Waals surface area contributed by atoms with Crippen LogP contribution in [0.1, 0.15) is 181 Å². The van der Waals surface area contributed by atoms with Crippen LogP contribution < -0.4 is 0 Å². The van der Waals surface area contributed by atoms with E-state index in [2.05, 4.69) is 86.8 Å². The highest BCUT2D eigenvalue weighted by atomic mass is 31.2. The Morgan fingerprint density at radius 1 is 0.525 bits per heavy atom. The van der Waals surface area contributed by atoms with Crippen LogP contribution in [0.4, 0.5) is 0 Å². The summed E-state index contributed by atoms with van der Waals surface area (Å²) in [5.41, 5.74) is 0. The first-order valence-corrected chi connectivity index (χ1v) is 24.4. The van der Waals surface area contributed by atoms with Crippen molar-refractivity contribution < 1.29 is 47.8 Å². The molecule has 0 bridgehead atoms. The van der Waals surface area contributed by atoms with Gasteiger partial charge in [0.2, 0.25) is 0 Å². The Kier molecular flexibility index (Phi) is 41.6. The van der Waals surface area contributed by atoms with Gasteiger partial charge in [0.05, 0.1) is 19.8 Å². The fourth-order valence-corrected chi connectivity index (χ4v) is 6.63. The summed E-state index contributed by atoms with van der Waals surface area (Å²) in [4.78, 5) is 35.0. The molecule has 0 amide bonds. The second-order valence-corrected chi connectivity index (χ2v) is 16.5. The number of hydrogen-bond acceptors (Lipinski definition) is 9. The fourth-order valence-electron chi connectivity index (χ4n) is 5.85. The number of hydrogen-bond donors (Lipinski definition) is 3. The number of esters is 2. The molecule has 0 fully saturated rings. The highest BCUT2D eigenvalue weighted by Gasteiger charge is 2.27. The second kappa shape index (κ2) is 43.5. The normalized spacial score (nSPS) is 14.5. The lowest BCUT2D eigenvalue weighted by Crippen LogP contribution is -2.29. The predicted molar refractivity (Wildman–Crippen MR) is 242 cm³/mol. The van der Waals surface area contributed by atoms with Crippen molar-refractivity contribution in [1.82, 2.24) is 0 Å². The van der Waals surface area contributed by atoms with E-state index >= 15 is 0 Å². The number of ether oxygens (including phenoxy) is 2. The summed E-state index contributed by atoms with van der Waals surface area (Å²) in [7, 11) is -4.63. The number of phosphoric acid groups is 1. The molecule has 0 aliphatic carbocycles. The topological polar surface area (TPSA) is 149 Å². The van der Waals surface area contributed by atoms with Gasteiger partial charge in [-0.1, -0.05) is 164 Å². The van der Waals surface area contributed by atoms with Crippen LogP contribution >= 0.6 is 7.82 Å². The van der Waals surface area contributed by atoms with Gasteiger partial charge >= 0.3 is 19.8 Å². The van der Waals surface area contributed by atoms with E-state index in [9.17, 15) is 24.2 Å². The van der Waals surface area contributed by atoms with Crippen molar-refractivity contribution in [2.75, 3.05) is 26.4 Å². The van der Waals surface area contributed by atoms with E-state index in [4.69, 9.17) is 23.6 Å². The van der Waals surface area contributed by atoms with Gasteiger partial charge in [0.1, 0.15) is 12.7 Å². The molecular formula is C48H83O10P. The molecule has 0 saturated heterocycles. The van der Waals surface area contributed by atoms with E-state index in [-0.39, 0.29) is 19.4 Å². The molecule has 0 aromatic carbocycles. The van der Waals surface area contributed by atoms with E-state index in [0.29, 0.717) is 12.8 Å². The zero-order valence-corrected chi connectivity index (χ0v) is 37.8. The molecule has 3 atom stereocenters. The third-order valence-electron chi connectivity index (χ3n) is 9.33. The van der Waals surface area contributed by atoms with Gasteiger partial charge in [-0.2, -0.15) is 0 Å². The van der Waals surface area contributed by atoms with Crippen LogP contribution in [0, 0.1) is 0 Å². The summed E-state index contributed by atoms with van der Waals surface area (Å²) in [6, 6.07) is 0. The monoisotopic (exact) mass is 851 g/mol. The van der Waals surface area contributed by atoms with Crippen LogP contribution in [0.5, 0.6) is 0 Å². The Balaban J connectivity index is 4.24. The zero-order chi connectivity index (χ0) is 43.3. The maximum atomic E-state index is 12.6. The second-order valence-electron chi connectivity index (χ2n) is 15.0. The van der Waals surface area contributed by atoms with Gasteiger partial charge in [-0.25, -0.2) is 4.57 Å². The Morgan fingerprint density at radius 3 is 1.41 bits per heavy atom. The van der Waals surface area contributed by atoms with Crippen molar-refractivity contribution in [3.63, 3.8) is 0 Å². The molecule has 0 rings (SSSR count). The molecular weight excluding hydrogens is 767 g/mol. The first-order chi connectivity index (χ1) is 28.7. The molecule has 0 aliphatic rings. The number of phosphoric ester groups is 1. The molecule has 3 N–H and O–H groups in total. The van der Waals surface area contributed by atoms with Crippen molar-refractivity contribution in [2.45, 2.75) is 193 Å². The predicted octanol–water partition coefficient (Wildman–Crippen LogP) is 12.4. The Morgan fingerprint density at radius 2 is 0.932 bits per heavy atom. The number of allylic oxidation sites excluding steroid dienone is 12. The van der Waals surface area contributed by atoms with Crippen LogP contribution in [0.25, 0.3) is 0 Å². The molecule has 0 aromatic heterocycles. The molecule has 0 heterocycles. The Bertz CT molecular complexity index is 1210. The van der Waals surface area contributed by atoms with Gasteiger partial charge in [-0.05, 0) is 77.0 Å². The maximum Gasteiger partial charge on any atom is 0.472 e. The molecule has 0 aliphatic heterocycles. The van der Waals surface area contributed by atoms with Crippen LogP contribution in [-0.4, -0.2) is 65.7 Å². The molecule has 0 aromatic rings. The third-order valence-corrected chi connectivity index (χ3v) is 10.3. The highest BCUT2D eigenvalue weighted by Crippen LogP contribution is 2.43. The molecule has 59 heavy (non-hydrogen) atoms. The van der Waals surface area contributed by atoms with Crippen molar-refractivity contribution >= 4 is 19.8 Å². The quantitative estimate of drug-likeness (QED) is 0.0234. The first kappa shape index (κ1) is 56.4. The average Bonchev–Trinajstić information content (AvgIpc) is 3.22. The minimum Gasteiger partial charge on any atom is -0.462 e. The zero-order valence-electron chi connectivity index (χ0n) is 36.9. The SMILES string of the molecule is CC/C=C\C/C=C\C/C=C\C/C=C\CCCCCCCCCCCCC(=O)OC(COC(=O)CCCCCCC/C=C\C/C=C\CCC)COP(=O)(O)OCC(O)CO. The van der Waals surface area contributed by atoms with Gasteiger partial charge in [-0.3, -0.25) is 18.6 Å². The smallest absolute Gasteiger partial charge is 0.462 e. The summed E-state index contributed by atoms with van der Waals surface area (Å²) in [5, 5.41) is 18.3. The summed E-state index contributed by atoms with van der Waals surface area (Å²) >= 11 is 0. The van der Waals surface area contributed by atoms with Gasteiger partial charge in [-0.15, -0.1) is 0 Å². The lowest BCUT2D eigenvalue weighted by Gasteiger charge is -2.20. The van der Waals surface area contributed by atoms with Crippen molar-refractivity contribution in [2.24, 2.45) is 0 Å². The van der Waals surface area contributed by atoms with Gasteiger partial charge in [0, 0.05) is 12.8 Å². The summed E-state index contributed by atoms with van der Waals surface area (Å²) < 4.78 is 32.7. The third kappa shape index (κ3) is 43.3. The fraction of sp³-hybridized carbons (Fsp3) is 0.708. The summed E-state index contributed by atoms with van der Waals surface area (Å²) in [6.07, 6.45) is 50.1. The molecule has 11 heteroatoms. The lowest BCUT2D eigenvalue weighted by atomic mass is 10.0. The molecule has 0 radical (unpaired) electrons. The molecule has 3 unspecified atom stereocenters. The van der Waals surface area contributed by atoms with Crippen molar-refractivity contribution in [3.8, 4) is 0 Å². The minimum absolute atomic E-state index is 0.172. The van der Waals surface area contributed by atoms with Gasteiger partial charge < -0.3 is 24.6 Å². The maximum absolute atomic E-state index is 12.6. The molecule has 340 valence electrons. The average molecular weight is 851 g/mol. The van der Waals surface area contributed by atoms with Crippen LogP contribution in [-0.2, 0) is 32.7 Å². The summed E-state index contributed by atoms with van der Waals surface area (Å²) in [6.45, 7) is 2.18. The largest absolute Gasteiger partial charge is 0.472 e. The standard InChI is InChI=1S/C48H83O10P/c1-3-5-7-9-11-13-15-17-18-19-20-21-22-23-24-25-26-28-30-32-34-36-38-40-48(52)58-46(44-57-59(53,54)56-42-45(50)41-49)43-55-47(51)39-37-35-33-31-29-27-16-14-12-10-8-6-4-2/h5,7-8,10-11,13-14,16-18,20-21,45-46,49-50H,3-4,6,9,12,15,19,22-44H2,1-2H3,(H,53,54)/b7-5-,10-8-,13-11-,16-14-,18-17-,21-20-. The van der Waals surface area contributed by atoms with Gasteiger partial charge in [0.15, 0.2) is 6.10 Å². The van der Waals surface area contributed by atoms with E-state index in [1.807, 2.05) is 0 Å². The summed E-state index contributed by atoms with van der Waals surface area (Å²) in [5.74, 6) is -0.950. The number of rotatable bonds is 42. The molecule has 0 saturated carbocycles. The molecule has 10 nitrogen and oxygen atoms in total. The molecule has 0 spiro atoms. The highest BCUT2D eigenvalue weighted by molar-refractivity contribution is 7.47. The van der Waals surface area contributed by atoms with Gasteiger partial charge in [0.25, 0.3) is 0 Å². The van der Waals surface area contributed by atoms with E-state index < -0.39 is 51.8 Å². The van der Waals surface area contributed by atoms with E-state index in [1.165, 1.54) is 44.9 Å². The number of carbonyl (C=O) groups excluding carboxylic acids is 2. The minimum atomic E-state index is -4.63. The van der Waals surface area contributed by atoms with Crippen molar-refractivity contribution in [1.29, 1.82) is 0 Å². The number of aliphatic hydroxyl groups is 2. The number of aliphatic hydroxyl groups excluding tert-OH is 2. The van der Waals surface area contributed by atoms with E-state index in [1.54, 1.807) is 0 Å². The lowest BCUT2D eigenvalue weighted by molar-refractivity contribution is -0.161. The van der Waals surface area contributed by atoms with Crippen LogP contribution in [0.2, 0.25) is 0 Å². The first-order valence-electron chi connectivity index (χ1n) is 22.9. The number of carbonyl (C=O) groups is 2. The number of unbranched alkanes of at least 4 members (excludes halogenated alkanes) is 16. The van der Waals surface area contributed by atoms with Crippen LogP contribution in [0.15, 0.2) is 72.9 Å². The van der Waals surface area contributed by atoms with Crippen LogP contribution in [0.3, 0.4) is 0 Å².